The molecule has 1 amide bonds. The molecule has 1 aromatic heterocycles. The van der Waals surface area contributed by atoms with Gasteiger partial charge in [0.05, 0.1) is 16.9 Å². The summed E-state index contributed by atoms with van der Waals surface area (Å²) in [5.74, 6) is -0.265. The Balaban J connectivity index is 1.49. The number of ether oxygens (including phenoxy) is 1. The first kappa shape index (κ1) is 22.1. The zero-order valence-electron chi connectivity index (χ0n) is 16.9. The third-order valence-electron chi connectivity index (χ3n) is 5.33. The van der Waals surface area contributed by atoms with Gasteiger partial charge in [0.25, 0.3) is 5.91 Å². The molecule has 3 aromatic rings. The summed E-state index contributed by atoms with van der Waals surface area (Å²) in [4.78, 5) is 27.8. The Labute approximate surface area is 188 Å². The Morgan fingerprint density at radius 3 is 2.50 bits per heavy atom. The predicted octanol–water partition coefficient (Wildman–Crippen LogP) is 2.88. The summed E-state index contributed by atoms with van der Waals surface area (Å²) in [6.07, 6.45) is 0. The molecule has 1 aliphatic heterocycles. The molecule has 0 atom stereocenters. The summed E-state index contributed by atoms with van der Waals surface area (Å²) in [5.41, 5.74) is 0.703. The highest BCUT2D eigenvalue weighted by atomic mass is 35.5. The zero-order valence-corrected chi connectivity index (χ0v) is 18.5. The molecule has 1 saturated heterocycles. The summed E-state index contributed by atoms with van der Waals surface area (Å²) in [5, 5.41) is 12.6. The fourth-order valence-corrected chi connectivity index (χ4v) is 5.25. The first-order valence-corrected chi connectivity index (χ1v) is 11.4. The van der Waals surface area contributed by atoms with Gasteiger partial charge in [0.15, 0.2) is 5.75 Å². The lowest BCUT2D eigenvalue weighted by atomic mass is 10.2. The van der Waals surface area contributed by atoms with Crippen LogP contribution in [-0.2, 0) is 10.0 Å². The minimum atomic E-state index is -3.97. The van der Waals surface area contributed by atoms with Crippen LogP contribution in [0.15, 0.2) is 47.4 Å². The first-order chi connectivity index (χ1) is 15.2. The van der Waals surface area contributed by atoms with Crippen molar-refractivity contribution < 1.29 is 22.9 Å². The van der Waals surface area contributed by atoms with E-state index in [1.807, 2.05) is 6.07 Å². The van der Waals surface area contributed by atoms with E-state index in [1.54, 1.807) is 23.1 Å². The molecule has 168 valence electrons. The normalized spacial score (nSPS) is 15.1. The third-order valence-corrected chi connectivity index (χ3v) is 7.46. The Kier molecular flexibility index (Phi) is 5.80. The second-order valence-corrected chi connectivity index (χ2v) is 9.58. The van der Waals surface area contributed by atoms with E-state index < -0.39 is 20.6 Å². The number of aromatic amines is 1. The SMILES string of the molecule is COc1ccc(S(=O)(=O)N2CCN(C(=O)c3cc4ccc(Cl)cc4[nH]3)CC2)cc1[N+](=O)[O-]. The van der Waals surface area contributed by atoms with Gasteiger partial charge in [-0.1, -0.05) is 17.7 Å². The molecule has 1 aliphatic rings. The van der Waals surface area contributed by atoms with Crippen molar-refractivity contribution in [2.45, 2.75) is 4.90 Å². The lowest BCUT2D eigenvalue weighted by Gasteiger charge is -2.33. The number of nitrogens with zero attached hydrogens (tertiary/aromatic N) is 3. The van der Waals surface area contributed by atoms with Gasteiger partial charge in [-0.15, -0.1) is 0 Å². The third kappa shape index (κ3) is 4.01. The van der Waals surface area contributed by atoms with Gasteiger partial charge in [0, 0.05) is 48.2 Å². The molecule has 0 unspecified atom stereocenters. The number of sulfonamides is 1. The number of fused-ring (bicyclic) bond motifs is 1. The van der Waals surface area contributed by atoms with E-state index >= 15 is 0 Å². The van der Waals surface area contributed by atoms with Crippen molar-refractivity contribution in [2.24, 2.45) is 0 Å². The molecule has 1 fully saturated rings. The number of nitrogens with one attached hydrogen (secondary N) is 1. The van der Waals surface area contributed by atoms with Gasteiger partial charge in [-0.3, -0.25) is 14.9 Å². The van der Waals surface area contributed by atoms with Crippen molar-refractivity contribution in [2.75, 3.05) is 33.3 Å². The number of nitro benzene ring substituents is 1. The van der Waals surface area contributed by atoms with Crippen molar-refractivity contribution in [1.82, 2.24) is 14.2 Å². The van der Waals surface area contributed by atoms with E-state index in [-0.39, 0.29) is 42.7 Å². The molecular weight excluding hydrogens is 460 g/mol. The quantitative estimate of drug-likeness (QED) is 0.444. The maximum Gasteiger partial charge on any atom is 0.312 e. The highest BCUT2D eigenvalue weighted by molar-refractivity contribution is 7.89. The van der Waals surface area contributed by atoms with Crippen molar-refractivity contribution in [3.05, 3.63) is 63.3 Å². The number of hydrogen-bond donors (Lipinski definition) is 1. The molecule has 0 saturated carbocycles. The van der Waals surface area contributed by atoms with Crippen molar-refractivity contribution in [3.8, 4) is 5.75 Å². The standard InChI is InChI=1S/C20H19ClN4O6S/c1-31-19-5-4-15(12-18(19)25(27)28)32(29,30)24-8-6-23(7-9-24)20(26)17-10-13-2-3-14(21)11-16(13)22-17/h2-5,10-12,22H,6-9H2,1H3. The monoisotopic (exact) mass is 478 g/mol. The number of carbonyl (C=O) groups excluding carboxylic acids is 1. The van der Waals surface area contributed by atoms with Gasteiger partial charge in [0.1, 0.15) is 5.69 Å². The van der Waals surface area contributed by atoms with Crippen LogP contribution in [0.3, 0.4) is 0 Å². The molecule has 4 rings (SSSR count). The summed E-state index contributed by atoms with van der Waals surface area (Å²) >= 11 is 5.99. The molecule has 2 heterocycles. The van der Waals surface area contributed by atoms with Gasteiger partial charge >= 0.3 is 5.69 Å². The average molecular weight is 479 g/mol. The van der Waals surface area contributed by atoms with Crippen LogP contribution in [0.4, 0.5) is 5.69 Å². The van der Waals surface area contributed by atoms with E-state index in [0.29, 0.717) is 10.7 Å². The fourth-order valence-electron chi connectivity index (χ4n) is 3.64. The van der Waals surface area contributed by atoms with Crippen LogP contribution in [-0.4, -0.2) is 66.7 Å². The number of amides is 1. The largest absolute Gasteiger partial charge is 0.490 e. The van der Waals surface area contributed by atoms with E-state index in [9.17, 15) is 23.3 Å². The molecular formula is C20H19ClN4O6S. The number of methoxy groups -OCH3 is 1. The van der Waals surface area contributed by atoms with Gasteiger partial charge in [-0.25, -0.2) is 8.42 Å². The van der Waals surface area contributed by atoms with Gasteiger partial charge in [0.2, 0.25) is 10.0 Å². The minimum absolute atomic E-state index is 0.0241. The van der Waals surface area contributed by atoms with Crippen LogP contribution in [0, 0.1) is 10.1 Å². The van der Waals surface area contributed by atoms with Crippen molar-refractivity contribution >= 4 is 44.1 Å². The zero-order chi connectivity index (χ0) is 23.0. The Bertz CT molecular complexity index is 1310. The summed E-state index contributed by atoms with van der Waals surface area (Å²) < 4.78 is 32.1. The van der Waals surface area contributed by atoms with Crippen LogP contribution >= 0.6 is 11.6 Å². The van der Waals surface area contributed by atoms with Crippen LogP contribution in [0.5, 0.6) is 5.75 Å². The fraction of sp³-hybridized carbons (Fsp3) is 0.250. The van der Waals surface area contributed by atoms with Gasteiger partial charge in [-0.2, -0.15) is 4.31 Å². The number of H-pyrrole nitrogens is 1. The Hall–Kier alpha value is -3.15. The highest BCUT2D eigenvalue weighted by Gasteiger charge is 2.32. The number of carbonyl (C=O) groups is 1. The number of piperazine rings is 1. The molecule has 0 radical (unpaired) electrons. The number of benzene rings is 2. The van der Waals surface area contributed by atoms with Crippen LogP contribution < -0.4 is 4.74 Å². The molecule has 32 heavy (non-hydrogen) atoms. The van der Waals surface area contributed by atoms with Crippen molar-refractivity contribution in [1.29, 1.82) is 0 Å². The highest BCUT2D eigenvalue weighted by Crippen LogP contribution is 2.31. The van der Waals surface area contributed by atoms with Crippen LogP contribution in [0.2, 0.25) is 5.02 Å². The summed E-state index contributed by atoms with van der Waals surface area (Å²) in [7, 11) is -2.70. The maximum absolute atomic E-state index is 13.0. The number of hydrogen-bond acceptors (Lipinski definition) is 6. The lowest BCUT2D eigenvalue weighted by Crippen LogP contribution is -2.50. The number of rotatable bonds is 5. The summed E-state index contributed by atoms with van der Waals surface area (Å²) in [6.45, 7) is 0.513. The summed E-state index contributed by atoms with van der Waals surface area (Å²) in [6, 6.07) is 10.5. The van der Waals surface area contributed by atoms with E-state index in [4.69, 9.17) is 16.3 Å². The number of halogens is 1. The first-order valence-electron chi connectivity index (χ1n) is 9.61. The molecule has 2 aromatic carbocycles. The topological polar surface area (TPSA) is 126 Å². The van der Waals surface area contributed by atoms with Crippen molar-refractivity contribution in [3.63, 3.8) is 0 Å². The molecule has 0 bridgehead atoms. The predicted molar refractivity (Wildman–Crippen MR) is 118 cm³/mol. The molecule has 10 nitrogen and oxygen atoms in total. The number of nitro groups is 1. The molecule has 1 N–H and O–H groups in total. The number of aromatic nitrogens is 1. The second kappa shape index (κ2) is 8.41. The molecule has 12 heteroatoms. The smallest absolute Gasteiger partial charge is 0.312 e. The molecule has 0 spiro atoms. The molecule has 0 aliphatic carbocycles. The van der Waals surface area contributed by atoms with Gasteiger partial charge in [-0.05, 0) is 30.3 Å². The maximum atomic E-state index is 13.0. The van der Waals surface area contributed by atoms with Gasteiger partial charge < -0.3 is 14.6 Å². The Morgan fingerprint density at radius 2 is 1.84 bits per heavy atom. The lowest BCUT2D eigenvalue weighted by molar-refractivity contribution is -0.386. The van der Waals surface area contributed by atoms with Crippen LogP contribution in [0.1, 0.15) is 10.5 Å². The van der Waals surface area contributed by atoms with E-state index in [1.165, 1.54) is 23.5 Å². The average Bonchev–Trinajstić information content (AvgIpc) is 3.21. The Morgan fingerprint density at radius 1 is 1.12 bits per heavy atom. The van der Waals surface area contributed by atoms with Crippen LogP contribution in [0.25, 0.3) is 10.9 Å². The second-order valence-electron chi connectivity index (χ2n) is 7.20. The van der Waals surface area contributed by atoms with E-state index in [2.05, 4.69) is 4.98 Å². The van der Waals surface area contributed by atoms with E-state index in [0.717, 1.165) is 17.0 Å². The minimum Gasteiger partial charge on any atom is -0.490 e.